The van der Waals surface area contributed by atoms with Crippen LogP contribution in [-0.2, 0) is 11.3 Å². The molecular formula is C16H13N5O4S. The lowest BCUT2D eigenvalue weighted by Gasteiger charge is -2.10. The van der Waals surface area contributed by atoms with Crippen LogP contribution in [0.3, 0.4) is 0 Å². The number of amides is 1. The second-order valence-corrected chi connectivity index (χ2v) is 6.29. The van der Waals surface area contributed by atoms with Gasteiger partial charge in [-0.25, -0.2) is 0 Å². The van der Waals surface area contributed by atoms with Gasteiger partial charge in [0.2, 0.25) is 18.5 Å². The summed E-state index contributed by atoms with van der Waals surface area (Å²) < 4.78 is 10.6. The van der Waals surface area contributed by atoms with E-state index in [9.17, 15) is 9.59 Å². The number of anilines is 1. The van der Waals surface area contributed by atoms with Gasteiger partial charge in [-0.15, -0.1) is 10.2 Å². The molecule has 0 unspecified atom stereocenters. The minimum Gasteiger partial charge on any atom is -0.454 e. The first-order valence-corrected chi connectivity index (χ1v) is 8.59. The molecule has 0 radical (unpaired) electrons. The maximum Gasteiger partial charge on any atom is 0.248 e. The zero-order valence-corrected chi connectivity index (χ0v) is 14.4. The first kappa shape index (κ1) is 16.2. The Labute approximate surface area is 151 Å². The van der Waals surface area contributed by atoms with Crippen LogP contribution in [0, 0.1) is 0 Å². The number of tetrazole rings is 1. The summed E-state index contributed by atoms with van der Waals surface area (Å²) in [6, 6.07) is 5.00. The van der Waals surface area contributed by atoms with Gasteiger partial charge in [-0.05, 0) is 29.6 Å². The van der Waals surface area contributed by atoms with E-state index < -0.39 is 0 Å². The molecule has 1 aliphatic heterocycles. The van der Waals surface area contributed by atoms with E-state index in [1.807, 2.05) is 16.8 Å². The van der Waals surface area contributed by atoms with Crippen LogP contribution in [-0.4, -0.2) is 38.7 Å². The number of nitrogens with one attached hydrogen (secondary N) is 1. The van der Waals surface area contributed by atoms with Crippen LogP contribution in [0.1, 0.15) is 17.3 Å². The highest BCUT2D eigenvalue weighted by Gasteiger charge is 2.20. The van der Waals surface area contributed by atoms with Crippen LogP contribution < -0.4 is 14.8 Å². The highest BCUT2D eigenvalue weighted by molar-refractivity contribution is 7.08. The van der Waals surface area contributed by atoms with Crippen molar-refractivity contribution in [2.45, 2.75) is 13.5 Å². The molecule has 3 aromatic rings. The van der Waals surface area contributed by atoms with E-state index in [0.717, 1.165) is 5.56 Å². The van der Waals surface area contributed by atoms with E-state index in [1.54, 1.807) is 12.1 Å². The van der Waals surface area contributed by atoms with Crippen LogP contribution in [0.2, 0.25) is 0 Å². The summed E-state index contributed by atoms with van der Waals surface area (Å²) in [5, 5.41) is 18.5. The summed E-state index contributed by atoms with van der Waals surface area (Å²) in [4.78, 5) is 25.4. The molecule has 26 heavy (non-hydrogen) atoms. The number of fused-ring (bicyclic) bond motifs is 1. The lowest BCUT2D eigenvalue weighted by Crippen LogP contribution is -2.21. The van der Waals surface area contributed by atoms with Crippen LogP contribution in [0.5, 0.6) is 11.5 Å². The molecule has 9 nitrogen and oxygen atoms in total. The fourth-order valence-electron chi connectivity index (χ4n) is 2.47. The Morgan fingerprint density at radius 1 is 1.31 bits per heavy atom. The van der Waals surface area contributed by atoms with Crippen molar-refractivity contribution in [3.05, 3.63) is 34.5 Å². The molecule has 4 rings (SSSR count). The minimum atomic E-state index is -0.388. The number of aromatic nitrogens is 4. The lowest BCUT2D eigenvalue weighted by atomic mass is 10.1. The molecular weight excluding hydrogens is 358 g/mol. The molecule has 2 aromatic heterocycles. The molecule has 0 aliphatic carbocycles. The monoisotopic (exact) mass is 371 g/mol. The third-order valence-electron chi connectivity index (χ3n) is 3.68. The largest absolute Gasteiger partial charge is 0.454 e. The third kappa shape index (κ3) is 3.14. The molecule has 0 atom stereocenters. The fourth-order valence-corrected chi connectivity index (χ4v) is 3.11. The molecule has 0 saturated heterocycles. The highest BCUT2D eigenvalue weighted by atomic mass is 32.1. The standard InChI is InChI=1S/C16H13N5O4S/c1-9(22)11-4-13-14(25-8-24-13)5-12(11)17-15(23)6-21-19-16(18-20-21)10-2-3-26-7-10/h2-5,7H,6,8H2,1H3,(H,17,23). The van der Waals surface area contributed by atoms with Crippen molar-refractivity contribution in [2.75, 3.05) is 12.1 Å². The number of rotatable bonds is 5. The zero-order chi connectivity index (χ0) is 18.1. The van der Waals surface area contributed by atoms with E-state index in [4.69, 9.17) is 9.47 Å². The van der Waals surface area contributed by atoms with Crippen LogP contribution in [0.25, 0.3) is 11.4 Å². The van der Waals surface area contributed by atoms with Gasteiger partial charge in [-0.2, -0.15) is 16.1 Å². The molecule has 0 fully saturated rings. The molecule has 0 spiro atoms. The average Bonchev–Trinajstić information content (AvgIpc) is 3.34. The van der Waals surface area contributed by atoms with E-state index in [-0.39, 0.29) is 25.0 Å². The molecule has 132 valence electrons. The number of ether oxygens (including phenoxy) is 2. The molecule has 3 heterocycles. The predicted molar refractivity (Wildman–Crippen MR) is 92.3 cm³/mol. The van der Waals surface area contributed by atoms with E-state index in [0.29, 0.717) is 28.6 Å². The van der Waals surface area contributed by atoms with Gasteiger partial charge in [0.15, 0.2) is 17.3 Å². The minimum absolute atomic E-state index is 0.0817. The molecule has 10 heteroatoms. The Balaban J connectivity index is 1.51. The van der Waals surface area contributed by atoms with Crippen molar-refractivity contribution < 1.29 is 19.1 Å². The van der Waals surface area contributed by atoms with Gasteiger partial charge in [0.1, 0.15) is 6.54 Å². The Hall–Kier alpha value is -3.27. The van der Waals surface area contributed by atoms with Crippen molar-refractivity contribution in [2.24, 2.45) is 0 Å². The number of ketones is 1. The molecule has 1 aromatic carbocycles. The first-order chi connectivity index (χ1) is 12.6. The van der Waals surface area contributed by atoms with Gasteiger partial charge in [0.05, 0.1) is 5.69 Å². The second-order valence-electron chi connectivity index (χ2n) is 5.51. The lowest BCUT2D eigenvalue weighted by molar-refractivity contribution is -0.117. The van der Waals surface area contributed by atoms with Gasteiger partial charge < -0.3 is 14.8 Å². The zero-order valence-electron chi connectivity index (χ0n) is 13.6. The number of Topliss-reactive ketones (excluding diaryl/α,β-unsaturated/α-hetero) is 1. The molecule has 0 bridgehead atoms. The number of thiophene rings is 1. The Kier molecular flexibility index (Phi) is 4.09. The number of carbonyl (C=O) groups excluding carboxylic acids is 2. The average molecular weight is 371 g/mol. The van der Waals surface area contributed by atoms with Crippen LogP contribution >= 0.6 is 11.3 Å². The number of hydrogen-bond donors (Lipinski definition) is 1. The summed E-state index contributed by atoms with van der Waals surface area (Å²) in [6.07, 6.45) is 0. The van der Waals surface area contributed by atoms with Gasteiger partial charge in [-0.1, -0.05) is 0 Å². The highest BCUT2D eigenvalue weighted by Crippen LogP contribution is 2.37. The van der Waals surface area contributed by atoms with Gasteiger partial charge in [0.25, 0.3) is 0 Å². The molecule has 1 N–H and O–H groups in total. The van der Waals surface area contributed by atoms with Crippen molar-refractivity contribution in [3.63, 3.8) is 0 Å². The summed E-state index contributed by atoms with van der Waals surface area (Å²) >= 11 is 1.52. The Bertz CT molecular complexity index is 983. The summed E-state index contributed by atoms with van der Waals surface area (Å²) in [5.41, 5.74) is 1.54. The topological polar surface area (TPSA) is 108 Å². The third-order valence-corrected chi connectivity index (χ3v) is 4.37. The van der Waals surface area contributed by atoms with Crippen LogP contribution in [0.15, 0.2) is 29.0 Å². The predicted octanol–water partition coefficient (Wildman–Crippen LogP) is 1.97. The maximum atomic E-state index is 12.3. The molecule has 0 saturated carbocycles. The first-order valence-electron chi connectivity index (χ1n) is 7.65. The Morgan fingerprint density at radius 3 is 2.85 bits per heavy atom. The summed E-state index contributed by atoms with van der Waals surface area (Å²) in [7, 11) is 0. The summed E-state index contributed by atoms with van der Waals surface area (Å²) in [6.45, 7) is 1.36. The fraction of sp³-hybridized carbons (Fsp3) is 0.188. The van der Waals surface area contributed by atoms with Crippen molar-refractivity contribution in [1.82, 2.24) is 20.2 Å². The van der Waals surface area contributed by atoms with Gasteiger partial charge >= 0.3 is 0 Å². The van der Waals surface area contributed by atoms with Gasteiger partial charge in [-0.3, -0.25) is 9.59 Å². The van der Waals surface area contributed by atoms with E-state index in [1.165, 1.54) is 23.1 Å². The van der Waals surface area contributed by atoms with Crippen LogP contribution in [0.4, 0.5) is 5.69 Å². The quantitative estimate of drug-likeness (QED) is 0.683. The SMILES string of the molecule is CC(=O)c1cc2c(cc1NC(=O)Cn1nnc(-c3ccsc3)n1)OCO2. The maximum absolute atomic E-state index is 12.3. The number of benzene rings is 1. The second kappa shape index (κ2) is 6.56. The molecule has 1 aliphatic rings. The molecule has 1 amide bonds. The van der Waals surface area contributed by atoms with E-state index in [2.05, 4.69) is 20.7 Å². The number of nitrogens with zero attached hydrogens (tertiary/aromatic N) is 4. The normalized spacial score (nSPS) is 12.2. The van der Waals surface area contributed by atoms with Gasteiger partial charge in [0, 0.05) is 22.6 Å². The van der Waals surface area contributed by atoms with Crippen molar-refractivity contribution in [1.29, 1.82) is 0 Å². The smallest absolute Gasteiger partial charge is 0.248 e. The number of carbonyl (C=O) groups is 2. The van der Waals surface area contributed by atoms with Crippen molar-refractivity contribution in [3.8, 4) is 22.9 Å². The Morgan fingerprint density at radius 2 is 2.12 bits per heavy atom. The summed E-state index contributed by atoms with van der Waals surface area (Å²) in [5.74, 6) is 0.819. The number of hydrogen-bond acceptors (Lipinski definition) is 8. The van der Waals surface area contributed by atoms with E-state index >= 15 is 0 Å². The van der Waals surface area contributed by atoms with Crippen molar-refractivity contribution >= 4 is 28.7 Å².